The Morgan fingerprint density at radius 3 is 2.74 bits per heavy atom. The third-order valence-electron chi connectivity index (χ3n) is 4.93. The van der Waals surface area contributed by atoms with E-state index in [-0.39, 0.29) is 43.0 Å². The second kappa shape index (κ2) is 10.1. The lowest BCUT2D eigenvalue weighted by Crippen LogP contribution is -2.49. The van der Waals surface area contributed by atoms with E-state index in [2.05, 4.69) is 15.7 Å². The summed E-state index contributed by atoms with van der Waals surface area (Å²) in [4.78, 5) is 26.3. The molecule has 2 saturated heterocycles. The van der Waals surface area contributed by atoms with Crippen LogP contribution in [0.2, 0.25) is 0 Å². The fraction of sp³-hybridized carbons (Fsp3) is 0.722. The number of carbonyl (C=O) groups excluding carboxylic acids is 2. The molecule has 0 saturated carbocycles. The Balaban J connectivity index is 0.00000261. The molecule has 8 nitrogen and oxygen atoms in total. The summed E-state index contributed by atoms with van der Waals surface area (Å²) in [7, 11) is 0. The number of ether oxygens (including phenoxy) is 1. The first-order valence-electron chi connectivity index (χ1n) is 9.46. The average Bonchev–Trinajstić information content (AvgIpc) is 3.24. The van der Waals surface area contributed by atoms with E-state index in [1.807, 2.05) is 18.7 Å². The van der Waals surface area contributed by atoms with Gasteiger partial charge in [0.1, 0.15) is 6.54 Å². The molecule has 3 rings (SSSR count). The van der Waals surface area contributed by atoms with E-state index in [1.54, 1.807) is 17.1 Å². The monoisotopic (exact) mass is 399 g/mol. The number of hydrogen-bond donors (Lipinski definition) is 2. The Labute approximate surface area is 166 Å². The summed E-state index contributed by atoms with van der Waals surface area (Å²) in [5.74, 6) is 0.611. The van der Waals surface area contributed by atoms with Gasteiger partial charge in [0, 0.05) is 25.7 Å². The van der Waals surface area contributed by atoms with Crippen LogP contribution in [-0.2, 0) is 20.9 Å². The molecule has 0 bridgehead atoms. The summed E-state index contributed by atoms with van der Waals surface area (Å²) in [6.45, 7) is 7.37. The van der Waals surface area contributed by atoms with Gasteiger partial charge in [0.15, 0.2) is 0 Å². The lowest BCUT2D eigenvalue weighted by atomic mass is 10.0. The number of nitrogens with one attached hydrogen (secondary N) is 2. The molecule has 2 aliphatic heterocycles. The number of aromatic nitrogens is 2. The summed E-state index contributed by atoms with van der Waals surface area (Å²) in [5.41, 5.74) is 0.635. The van der Waals surface area contributed by atoms with E-state index in [1.165, 1.54) is 0 Å². The summed E-state index contributed by atoms with van der Waals surface area (Å²) in [6.07, 6.45) is 5.95. The standard InChI is InChI=1S/C18H29N5O3.ClH/c1-13-9-22(10-14(2)26-13)18(25)12-23-11-16(8-20-23)21-17(24)4-3-15-5-6-19-7-15;/h8,11,13-15,19H,3-7,9-10,12H2,1-2H3,(H,21,24);1H. The fourth-order valence-corrected chi connectivity index (χ4v) is 3.65. The Hall–Kier alpha value is -1.64. The first-order chi connectivity index (χ1) is 12.5. The molecule has 2 N–H and O–H groups in total. The molecule has 3 unspecified atom stereocenters. The van der Waals surface area contributed by atoms with Crippen molar-refractivity contribution in [1.29, 1.82) is 0 Å². The molecule has 0 radical (unpaired) electrons. The zero-order valence-electron chi connectivity index (χ0n) is 16.0. The Kier molecular flexibility index (Phi) is 8.07. The van der Waals surface area contributed by atoms with E-state index >= 15 is 0 Å². The predicted octanol–water partition coefficient (Wildman–Crippen LogP) is 1.27. The number of nitrogens with zero attached hydrogens (tertiary/aromatic N) is 3. The zero-order chi connectivity index (χ0) is 18.5. The maximum atomic E-state index is 12.5. The van der Waals surface area contributed by atoms with Gasteiger partial charge in [-0.3, -0.25) is 14.3 Å². The number of morpholine rings is 1. The lowest BCUT2D eigenvalue weighted by molar-refractivity contribution is -0.144. The van der Waals surface area contributed by atoms with Gasteiger partial charge in [-0.15, -0.1) is 12.4 Å². The van der Waals surface area contributed by atoms with Crippen molar-refractivity contribution in [3.05, 3.63) is 12.4 Å². The molecule has 3 heterocycles. The number of amides is 2. The third-order valence-corrected chi connectivity index (χ3v) is 4.93. The fourth-order valence-electron chi connectivity index (χ4n) is 3.65. The minimum absolute atomic E-state index is 0. The molecule has 0 aromatic carbocycles. The van der Waals surface area contributed by atoms with E-state index in [9.17, 15) is 9.59 Å². The lowest BCUT2D eigenvalue weighted by Gasteiger charge is -2.35. The van der Waals surface area contributed by atoms with Crippen LogP contribution in [0.5, 0.6) is 0 Å². The number of anilines is 1. The molecule has 2 fully saturated rings. The summed E-state index contributed by atoms with van der Waals surface area (Å²) in [5, 5.41) is 10.4. The zero-order valence-corrected chi connectivity index (χ0v) is 16.8. The maximum absolute atomic E-state index is 12.5. The van der Waals surface area contributed by atoms with Crippen LogP contribution >= 0.6 is 12.4 Å². The summed E-state index contributed by atoms with van der Waals surface area (Å²) in [6, 6.07) is 0. The highest BCUT2D eigenvalue weighted by atomic mass is 35.5. The van der Waals surface area contributed by atoms with Gasteiger partial charge in [-0.25, -0.2) is 0 Å². The Bertz CT molecular complexity index is 622. The van der Waals surface area contributed by atoms with Crippen molar-refractivity contribution in [1.82, 2.24) is 20.0 Å². The van der Waals surface area contributed by atoms with Crippen LogP contribution in [0, 0.1) is 5.92 Å². The second-order valence-corrected chi connectivity index (χ2v) is 7.43. The van der Waals surface area contributed by atoms with Crippen LogP contribution in [0.1, 0.15) is 33.1 Å². The molecular formula is C18H30ClN5O3. The van der Waals surface area contributed by atoms with Gasteiger partial charge >= 0.3 is 0 Å². The van der Waals surface area contributed by atoms with Crippen molar-refractivity contribution in [2.75, 3.05) is 31.5 Å². The van der Waals surface area contributed by atoms with Gasteiger partial charge in [0.25, 0.3) is 0 Å². The molecule has 2 aliphatic rings. The molecule has 1 aromatic heterocycles. The van der Waals surface area contributed by atoms with Crippen molar-refractivity contribution in [2.45, 2.75) is 51.9 Å². The summed E-state index contributed by atoms with van der Waals surface area (Å²) < 4.78 is 7.23. The van der Waals surface area contributed by atoms with Crippen molar-refractivity contribution < 1.29 is 14.3 Å². The van der Waals surface area contributed by atoms with E-state index < -0.39 is 0 Å². The quantitative estimate of drug-likeness (QED) is 0.752. The minimum Gasteiger partial charge on any atom is -0.372 e. The van der Waals surface area contributed by atoms with Gasteiger partial charge in [-0.1, -0.05) is 0 Å². The van der Waals surface area contributed by atoms with Crippen molar-refractivity contribution in [2.24, 2.45) is 5.92 Å². The molecule has 152 valence electrons. The number of hydrogen-bond acceptors (Lipinski definition) is 5. The molecular weight excluding hydrogens is 370 g/mol. The van der Waals surface area contributed by atoms with Gasteiger partial charge in [-0.05, 0) is 45.7 Å². The highest BCUT2D eigenvalue weighted by molar-refractivity contribution is 5.90. The topological polar surface area (TPSA) is 88.5 Å². The number of carbonyl (C=O) groups is 2. The Morgan fingerprint density at radius 2 is 2.07 bits per heavy atom. The molecule has 1 aromatic rings. The van der Waals surface area contributed by atoms with Crippen LogP contribution in [0.15, 0.2) is 12.4 Å². The largest absolute Gasteiger partial charge is 0.372 e. The minimum atomic E-state index is -0.00129. The molecule has 9 heteroatoms. The van der Waals surface area contributed by atoms with Crippen LogP contribution in [0.25, 0.3) is 0 Å². The highest BCUT2D eigenvalue weighted by Gasteiger charge is 2.26. The molecule has 3 atom stereocenters. The predicted molar refractivity (Wildman–Crippen MR) is 105 cm³/mol. The second-order valence-electron chi connectivity index (χ2n) is 7.43. The SMILES string of the molecule is CC1CN(C(=O)Cn2cc(NC(=O)CCC3CCNC3)cn2)CC(C)O1.Cl. The molecule has 0 spiro atoms. The van der Waals surface area contributed by atoms with Crippen LogP contribution < -0.4 is 10.6 Å². The summed E-state index contributed by atoms with van der Waals surface area (Å²) >= 11 is 0. The first-order valence-corrected chi connectivity index (χ1v) is 9.46. The van der Waals surface area contributed by atoms with Gasteiger partial charge in [0.2, 0.25) is 11.8 Å². The van der Waals surface area contributed by atoms with Crippen molar-refractivity contribution >= 4 is 29.9 Å². The van der Waals surface area contributed by atoms with Gasteiger partial charge in [0.05, 0.1) is 24.1 Å². The van der Waals surface area contributed by atoms with E-state index in [0.717, 1.165) is 25.9 Å². The normalized spacial score (nSPS) is 25.1. The molecule has 27 heavy (non-hydrogen) atoms. The highest BCUT2D eigenvalue weighted by Crippen LogP contribution is 2.15. The van der Waals surface area contributed by atoms with E-state index in [0.29, 0.717) is 31.1 Å². The molecule has 0 aliphatic carbocycles. The van der Waals surface area contributed by atoms with E-state index in [4.69, 9.17) is 4.74 Å². The van der Waals surface area contributed by atoms with Gasteiger partial charge < -0.3 is 20.3 Å². The Morgan fingerprint density at radius 1 is 1.33 bits per heavy atom. The van der Waals surface area contributed by atoms with Crippen LogP contribution in [-0.4, -0.2) is 64.9 Å². The smallest absolute Gasteiger partial charge is 0.244 e. The van der Waals surface area contributed by atoms with Gasteiger partial charge in [-0.2, -0.15) is 5.10 Å². The van der Waals surface area contributed by atoms with Crippen molar-refractivity contribution in [3.63, 3.8) is 0 Å². The number of rotatable bonds is 6. The maximum Gasteiger partial charge on any atom is 0.244 e. The van der Waals surface area contributed by atoms with Crippen LogP contribution in [0.3, 0.4) is 0 Å². The average molecular weight is 400 g/mol. The number of halogens is 1. The van der Waals surface area contributed by atoms with Crippen LogP contribution in [0.4, 0.5) is 5.69 Å². The third kappa shape index (κ3) is 6.48. The molecule has 2 amide bonds. The first kappa shape index (κ1) is 21.7. The van der Waals surface area contributed by atoms with Crippen molar-refractivity contribution in [3.8, 4) is 0 Å².